The van der Waals surface area contributed by atoms with Crippen LogP contribution < -0.4 is 16.0 Å². The zero-order valence-corrected chi connectivity index (χ0v) is 17.4. The number of fused-ring (bicyclic) bond motifs is 1. The van der Waals surface area contributed by atoms with Crippen molar-refractivity contribution in [3.05, 3.63) is 53.7 Å². The molecule has 2 amide bonds. The average Bonchev–Trinajstić information content (AvgIpc) is 3.59. The lowest BCUT2D eigenvalue weighted by Crippen LogP contribution is -2.42. The van der Waals surface area contributed by atoms with Gasteiger partial charge in [0.05, 0.1) is 5.52 Å². The molecule has 5 rings (SSSR count). The molecule has 1 aliphatic carbocycles. The summed E-state index contributed by atoms with van der Waals surface area (Å²) in [5.74, 6) is 0.646. The fourth-order valence-electron chi connectivity index (χ4n) is 3.88. The molecule has 3 aromatic rings. The van der Waals surface area contributed by atoms with Crippen LogP contribution in [0.15, 0.2) is 42.6 Å². The molecule has 2 aliphatic rings. The number of anilines is 1. The number of nitrogens with zero attached hydrogens (tertiary/aromatic N) is 2. The van der Waals surface area contributed by atoms with Gasteiger partial charge in [0, 0.05) is 42.2 Å². The van der Waals surface area contributed by atoms with E-state index in [9.17, 15) is 9.59 Å². The van der Waals surface area contributed by atoms with Crippen molar-refractivity contribution in [1.29, 1.82) is 0 Å². The van der Waals surface area contributed by atoms with Gasteiger partial charge in [0.2, 0.25) is 11.9 Å². The first-order chi connectivity index (χ1) is 15.0. The van der Waals surface area contributed by atoms with E-state index in [4.69, 9.17) is 0 Å². The van der Waals surface area contributed by atoms with Crippen LogP contribution in [0.25, 0.3) is 22.0 Å². The fraction of sp³-hybridized carbons (Fsp3) is 0.333. The van der Waals surface area contributed by atoms with Crippen molar-refractivity contribution in [3.8, 4) is 11.1 Å². The van der Waals surface area contributed by atoms with Gasteiger partial charge in [-0.3, -0.25) is 9.59 Å². The first kappa shape index (κ1) is 19.5. The van der Waals surface area contributed by atoms with Crippen LogP contribution in [0.5, 0.6) is 0 Å². The van der Waals surface area contributed by atoms with Gasteiger partial charge in [0.15, 0.2) is 0 Å². The summed E-state index contributed by atoms with van der Waals surface area (Å²) in [4.78, 5) is 32.9. The van der Waals surface area contributed by atoms with Crippen LogP contribution >= 0.6 is 0 Å². The van der Waals surface area contributed by atoms with Crippen molar-refractivity contribution < 1.29 is 9.59 Å². The number of piperidine rings is 1. The zero-order valence-electron chi connectivity index (χ0n) is 17.4. The van der Waals surface area contributed by atoms with Gasteiger partial charge in [-0.15, -0.1) is 0 Å². The Balaban J connectivity index is 1.38. The molecule has 31 heavy (non-hydrogen) atoms. The van der Waals surface area contributed by atoms with Crippen LogP contribution in [0.1, 0.15) is 41.6 Å². The molecule has 7 nitrogen and oxygen atoms in total. The average molecular weight is 415 g/mol. The molecule has 1 saturated heterocycles. The molecule has 1 aromatic heterocycles. The normalized spacial score (nSPS) is 18.5. The Hall–Kier alpha value is -3.48. The molecule has 2 aromatic carbocycles. The fourth-order valence-corrected chi connectivity index (χ4v) is 3.88. The van der Waals surface area contributed by atoms with Gasteiger partial charge in [-0.2, -0.15) is 0 Å². The van der Waals surface area contributed by atoms with Gasteiger partial charge in [-0.25, -0.2) is 9.97 Å². The summed E-state index contributed by atoms with van der Waals surface area (Å²) in [6, 6.07) is 12.4. The minimum atomic E-state index is -0.0116. The van der Waals surface area contributed by atoms with E-state index in [0.29, 0.717) is 30.5 Å². The van der Waals surface area contributed by atoms with E-state index in [0.717, 1.165) is 46.9 Å². The summed E-state index contributed by atoms with van der Waals surface area (Å²) in [6.45, 7) is 2.64. The third-order valence-electron chi connectivity index (χ3n) is 5.90. The molecule has 158 valence electrons. The smallest absolute Gasteiger partial charge is 0.251 e. The maximum absolute atomic E-state index is 12.5. The lowest BCUT2D eigenvalue weighted by Gasteiger charge is -2.23. The summed E-state index contributed by atoms with van der Waals surface area (Å²) in [5, 5.41) is 10.2. The highest BCUT2D eigenvalue weighted by Gasteiger charge is 2.24. The van der Waals surface area contributed by atoms with Gasteiger partial charge in [0.25, 0.3) is 5.91 Å². The monoisotopic (exact) mass is 415 g/mol. The molecule has 1 aliphatic heterocycles. The first-order valence-corrected chi connectivity index (χ1v) is 10.8. The number of carbonyl (C=O) groups is 2. The van der Waals surface area contributed by atoms with Crippen molar-refractivity contribution in [2.24, 2.45) is 0 Å². The Kier molecular flexibility index (Phi) is 5.02. The molecule has 2 fully saturated rings. The van der Waals surface area contributed by atoms with Crippen LogP contribution in [0, 0.1) is 6.92 Å². The summed E-state index contributed by atoms with van der Waals surface area (Å²) < 4.78 is 0. The predicted molar refractivity (Wildman–Crippen MR) is 120 cm³/mol. The SMILES string of the molecule is Cc1ccc(C(=O)NC2CC2)cc1-c1ccc2nc(N[C@@H]3CCC(=O)NC3)ncc2c1. The zero-order chi connectivity index (χ0) is 21.4. The van der Waals surface area contributed by atoms with E-state index in [1.807, 2.05) is 36.5 Å². The second-order valence-electron chi connectivity index (χ2n) is 8.43. The largest absolute Gasteiger partial charge is 0.354 e. The van der Waals surface area contributed by atoms with Crippen LogP contribution in [-0.2, 0) is 4.79 Å². The van der Waals surface area contributed by atoms with Crippen LogP contribution in [-0.4, -0.2) is 40.4 Å². The summed E-state index contributed by atoms with van der Waals surface area (Å²) in [6.07, 6.45) is 5.25. The van der Waals surface area contributed by atoms with Gasteiger partial charge in [-0.1, -0.05) is 12.1 Å². The van der Waals surface area contributed by atoms with Crippen molar-refractivity contribution in [3.63, 3.8) is 0 Å². The maximum Gasteiger partial charge on any atom is 0.251 e. The third-order valence-corrected chi connectivity index (χ3v) is 5.90. The van der Waals surface area contributed by atoms with E-state index in [-0.39, 0.29) is 17.9 Å². The summed E-state index contributed by atoms with van der Waals surface area (Å²) >= 11 is 0. The summed E-state index contributed by atoms with van der Waals surface area (Å²) in [7, 11) is 0. The van der Waals surface area contributed by atoms with Gasteiger partial charge < -0.3 is 16.0 Å². The Morgan fingerprint density at radius 3 is 2.74 bits per heavy atom. The van der Waals surface area contributed by atoms with Crippen LogP contribution in [0.2, 0.25) is 0 Å². The number of carbonyl (C=O) groups excluding carboxylic acids is 2. The molecule has 3 N–H and O–H groups in total. The number of hydrogen-bond acceptors (Lipinski definition) is 5. The lowest BCUT2D eigenvalue weighted by molar-refractivity contribution is -0.122. The highest BCUT2D eigenvalue weighted by atomic mass is 16.2. The second kappa shape index (κ2) is 7.98. The summed E-state index contributed by atoms with van der Waals surface area (Å²) in [5.41, 5.74) is 4.71. The van der Waals surface area contributed by atoms with Gasteiger partial charge in [-0.05, 0) is 67.1 Å². The Bertz CT molecular complexity index is 1160. The van der Waals surface area contributed by atoms with Gasteiger partial charge in [0.1, 0.15) is 0 Å². The van der Waals surface area contributed by atoms with Crippen LogP contribution in [0.3, 0.4) is 0 Å². The number of aromatic nitrogens is 2. The van der Waals surface area contributed by atoms with E-state index in [2.05, 4.69) is 38.9 Å². The Morgan fingerprint density at radius 2 is 1.97 bits per heavy atom. The number of benzene rings is 2. The molecular formula is C24H25N5O2. The van der Waals surface area contributed by atoms with Crippen LogP contribution in [0.4, 0.5) is 5.95 Å². The minimum Gasteiger partial charge on any atom is -0.354 e. The van der Waals surface area contributed by atoms with Crippen molar-refractivity contribution in [1.82, 2.24) is 20.6 Å². The molecule has 1 saturated carbocycles. The van der Waals surface area contributed by atoms with Crippen molar-refractivity contribution >= 4 is 28.7 Å². The highest BCUT2D eigenvalue weighted by Crippen LogP contribution is 2.28. The number of aryl methyl sites for hydroxylation is 1. The quantitative estimate of drug-likeness (QED) is 0.595. The number of amides is 2. The lowest BCUT2D eigenvalue weighted by atomic mass is 9.97. The standard InChI is InChI=1S/C24H25N5O2/c1-14-2-3-16(23(31)27-18-5-6-18)11-20(14)15-4-8-21-17(10-15)12-26-24(29-21)28-19-7-9-22(30)25-13-19/h2-4,8,10-12,18-19H,5-7,9,13H2,1H3,(H,25,30)(H,27,31)(H,26,28,29)/t19-/m1/s1. The highest BCUT2D eigenvalue weighted by molar-refractivity contribution is 5.96. The van der Waals surface area contributed by atoms with Crippen molar-refractivity contribution in [2.45, 2.75) is 44.7 Å². The molecule has 0 bridgehead atoms. The number of hydrogen-bond donors (Lipinski definition) is 3. The van der Waals surface area contributed by atoms with Crippen molar-refractivity contribution in [2.75, 3.05) is 11.9 Å². The number of nitrogens with one attached hydrogen (secondary N) is 3. The second-order valence-corrected chi connectivity index (χ2v) is 8.43. The van der Waals surface area contributed by atoms with E-state index in [1.165, 1.54) is 0 Å². The Labute approximate surface area is 180 Å². The minimum absolute atomic E-state index is 0.0116. The third kappa shape index (κ3) is 4.35. The topological polar surface area (TPSA) is 96.0 Å². The number of rotatable bonds is 5. The molecule has 0 radical (unpaired) electrons. The molecule has 0 unspecified atom stereocenters. The molecule has 7 heteroatoms. The van der Waals surface area contributed by atoms with Gasteiger partial charge >= 0.3 is 0 Å². The molecule has 2 heterocycles. The van der Waals surface area contributed by atoms with E-state index >= 15 is 0 Å². The molecular weight excluding hydrogens is 390 g/mol. The van der Waals surface area contributed by atoms with E-state index < -0.39 is 0 Å². The molecule has 0 spiro atoms. The molecule has 1 atom stereocenters. The maximum atomic E-state index is 12.5. The first-order valence-electron chi connectivity index (χ1n) is 10.8. The predicted octanol–water partition coefficient (Wildman–Crippen LogP) is 3.19. The Morgan fingerprint density at radius 1 is 1.10 bits per heavy atom. The van der Waals surface area contributed by atoms with E-state index in [1.54, 1.807) is 0 Å².